The summed E-state index contributed by atoms with van der Waals surface area (Å²) in [6.45, 7) is 1.55. The van der Waals surface area contributed by atoms with E-state index in [9.17, 15) is 0 Å². The molecule has 1 N–H and O–H groups in total. The molecule has 0 saturated heterocycles. The summed E-state index contributed by atoms with van der Waals surface area (Å²) >= 11 is 9.39. The Bertz CT molecular complexity index is 519. The maximum atomic E-state index is 6.02. The minimum Gasteiger partial charge on any atom is -0.494 e. The molecule has 2 nitrogen and oxygen atoms in total. The second-order valence-electron chi connectivity index (χ2n) is 4.07. The van der Waals surface area contributed by atoms with Crippen LogP contribution in [0.3, 0.4) is 0 Å². The van der Waals surface area contributed by atoms with E-state index in [2.05, 4.69) is 21.2 Å². The topological polar surface area (TPSA) is 21.3 Å². The minimum atomic E-state index is 0.696. The first-order chi connectivity index (χ1) is 9.25. The van der Waals surface area contributed by atoms with Crippen LogP contribution in [-0.4, -0.2) is 13.2 Å². The van der Waals surface area contributed by atoms with Gasteiger partial charge in [-0.1, -0.05) is 29.8 Å². The molecule has 0 aliphatic carbocycles. The minimum absolute atomic E-state index is 0.696. The fourth-order valence-electron chi connectivity index (χ4n) is 1.62. The normalized spacial score (nSPS) is 10.2. The molecule has 0 aliphatic heterocycles. The summed E-state index contributed by atoms with van der Waals surface area (Å²) in [6.07, 6.45) is 0.933. The molecule has 0 aromatic heterocycles. The summed E-state index contributed by atoms with van der Waals surface area (Å²) in [5, 5.41) is 4.03. The molecule has 0 spiro atoms. The fourth-order valence-corrected chi connectivity index (χ4v) is 2.04. The molecule has 0 heterocycles. The van der Waals surface area contributed by atoms with Crippen LogP contribution in [0.5, 0.6) is 5.75 Å². The predicted molar refractivity (Wildman–Crippen MR) is 84.2 cm³/mol. The Morgan fingerprint density at radius 3 is 2.63 bits per heavy atom. The molecule has 0 radical (unpaired) electrons. The van der Waals surface area contributed by atoms with Crippen molar-refractivity contribution in [1.82, 2.24) is 0 Å². The second-order valence-corrected chi connectivity index (χ2v) is 5.33. The zero-order valence-electron chi connectivity index (χ0n) is 10.4. The maximum absolute atomic E-state index is 6.02. The maximum Gasteiger partial charge on any atom is 0.119 e. The molecule has 100 valence electrons. The van der Waals surface area contributed by atoms with Gasteiger partial charge in [0, 0.05) is 16.7 Å². The standard InChI is InChI=1S/C15H15BrClNO/c16-14-8-7-12(11-15(14)17)18-9-4-10-19-13-5-2-1-3-6-13/h1-3,5-8,11,18H,4,9-10H2. The van der Waals surface area contributed by atoms with Crippen LogP contribution in [0.4, 0.5) is 5.69 Å². The number of ether oxygens (including phenoxy) is 1. The first-order valence-electron chi connectivity index (χ1n) is 6.12. The predicted octanol–water partition coefficient (Wildman–Crippen LogP) is 4.98. The number of hydrogen-bond acceptors (Lipinski definition) is 2. The lowest BCUT2D eigenvalue weighted by Gasteiger charge is -2.08. The van der Waals surface area contributed by atoms with Gasteiger partial charge in [0.1, 0.15) is 5.75 Å². The van der Waals surface area contributed by atoms with E-state index < -0.39 is 0 Å². The van der Waals surface area contributed by atoms with Crippen molar-refractivity contribution in [2.24, 2.45) is 0 Å². The third-order valence-electron chi connectivity index (χ3n) is 2.58. The van der Waals surface area contributed by atoms with Crippen LogP contribution in [0.25, 0.3) is 0 Å². The molecule has 0 saturated carbocycles. The number of rotatable bonds is 6. The third kappa shape index (κ3) is 4.77. The van der Waals surface area contributed by atoms with Gasteiger partial charge in [-0.05, 0) is 52.7 Å². The highest BCUT2D eigenvalue weighted by atomic mass is 79.9. The van der Waals surface area contributed by atoms with Gasteiger partial charge in [-0.2, -0.15) is 0 Å². The van der Waals surface area contributed by atoms with Crippen LogP contribution in [0.1, 0.15) is 6.42 Å². The van der Waals surface area contributed by atoms with E-state index in [1.807, 2.05) is 48.5 Å². The highest BCUT2D eigenvalue weighted by molar-refractivity contribution is 9.10. The molecule has 2 rings (SSSR count). The molecule has 0 amide bonds. The number of para-hydroxylation sites is 1. The third-order valence-corrected chi connectivity index (χ3v) is 3.81. The molecule has 0 unspecified atom stereocenters. The van der Waals surface area contributed by atoms with Crippen molar-refractivity contribution >= 4 is 33.2 Å². The quantitative estimate of drug-likeness (QED) is 0.749. The smallest absolute Gasteiger partial charge is 0.119 e. The first kappa shape index (κ1) is 14.2. The van der Waals surface area contributed by atoms with Gasteiger partial charge in [0.05, 0.1) is 11.6 Å². The number of hydrogen-bond donors (Lipinski definition) is 1. The Kier molecular flexibility index (Phi) is 5.55. The molecule has 2 aromatic rings. The Balaban J connectivity index is 1.68. The van der Waals surface area contributed by atoms with Gasteiger partial charge in [-0.15, -0.1) is 0 Å². The number of nitrogens with one attached hydrogen (secondary N) is 1. The van der Waals surface area contributed by atoms with Crippen molar-refractivity contribution in [3.8, 4) is 5.75 Å². The molecular formula is C15H15BrClNO. The van der Waals surface area contributed by atoms with E-state index in [0.29, 0.717) is 11.6 Å². The summed E-state index contributed by atoms with van der Waals surface area (Å²) in [6, 6.07) is 15.7. The Hall–Kier alpha value is -1.19. The summed E-state index contributed by atoms with van der Waals surface area (Å²) in [4.78, 5) is 0. The van der Waals surface area contributed by atoms with Crippen LogP contribution in [0.15, 0.2) is 53.0 Å². The van der Waals surface area contributed by atoms with Gasteiger partial charge in [-0.3, -0.25) is 0 Å². The molecule has 4 heteroatoms. The molecule has 0 bridgehead atoms. The van der Waals surface area contributed by atoms with Crippen LogP contribution < -0.4 is 10.1 Å². The van der Waals surface area contributed by atoms with Crippen molar-refractivity contribution in [3.63, 3.8) is 0 Å². The van der Waals surface area contributed by atoms with E-state index in [1.54, 1.807) is 0 Å². The van der Waals surface area contributed by atoms with Gasteiger partial charge >= 0.3 is 0 Å². The average molecular weight is 341 g/mol. The molecule has 0 atom stereocenters. The lowest BCUT2D eigenvalue weighted by atomic mass is 10.3. The van der Waals surface area contributed by atoms with Gasteiger partial charge in [-0.25, -0.2) is 0 Å². The largest absolute Gasteiger partial charge is 0.494 e. The van der Waals surface area contributed by atoms with Crippen molar-refractivity contribution < 1.29 is 4.74 Å². The van der Waals surface area contributed by atoms with E-state index in [4.69, 9.17) is 16.3 Å². The molecular weight excluding hydrogens is 326 g/mol. The van der Waals surface area contributed by atoms with Crippen LogP contribution in [-0.2, 0) is 0 Å². The van der Waals surface area contributed by atoms with Crippen molar-refractivity contribution in [2.45, 2.75) is 6.42 Å². The van der Waals surface area contributed by atoms with E-state index in [1.165, 1.54) is 0 Å². The van der Waals surface area contributed by atoms with Crippen LogP contribution in [0.2, 0.25) is 5.02 Å². The van der Waals surface area contributed by atoms with Crippen LogP contribution in [0, 0.1) is 0 Å². The van der Waals surface area contributed by atoms with Gasteiger partial charge in [0.15, 0.2) is 0 Å². The van der Waals surface area contributed by atoms with Gasteiger partial charge in [0.25, 0.3) is 0 Å². The lowest BCUT2D eigenvalue weighted by molar-refractivity contribution is 0.315. The number of benzene rings is 2. The number of anilines is 1. The van der Waals surface area contributed by atoms with Gasteiger partial charge in [0.2, 0.25) is 0 Å². The second kappa shape index (κ2) is 7.41. The highest BCUT2D eigenvalue weighted by Crippen LogP contribution is 2.25. The van der Waals surface area contributed by atoms with E-state index >= 15 is 0 Å². The summed E-state index contributed by atoms with van der Waals surface area (Å²) in [5.74, 6) is 0.911. The van der Waals surface area contributed by atoms with Crippen molar-refractivity contribution in [3.05, 3.63) is 58.0 Å². The van der Waals surface area contributed by atoms with Crippen molar-refractivity contribution in [2.75, 3.05) is 18.5 Å². The average Bonchev–Trinajstić information content (AvgIpc) is 2.43. The van der Waals surface area contributed by atoms with Gasteiger partial charge < -0.3 is 10.1 Å². The lowest BCUT2D eigenvalue weighted by Crippen LogP contribution is -2.07. The van der Waals surface area contributed by atoms with Crippen LogP contribution >= 0.6 is 27.5 Å². The molecule has 19 heavy (non-hydrogen) atoms. The zero-order valence-corrected chi connectivity index (χ0v) is 12.7. The highest BCUT2D eigenvalue weighted by Gasteiger charge is 1.98. The fraction of sp³-hybridized carbons (Fsp3) is 0.200. The van der Waals surface area contributed by atoms with Crippen molar-refractivity contribution in [1.29, 1.82) is 0 Å². The summed E-state index contributed by atoms with van der Waals surface area (Å²) < 4.78 is 6.52. The summed E-state index contributed by atoms with van der Waals surface area (Å²) in [7, 11) is 0. The molecule has 0 aliphatic rings. The first-order valence-corrected chi connectivity index (χ1v) is 7.29. The van der Waals surface area contributed by atoms with E-state index in [0.717, 1.165) is 28.9 Å². The summed E-state index contributed by atoms with van der Waals surface area (Å²) in [5.41, 5.74) is 1.02. The Morgan fingerprint density at radius 1 is 1.11 bits per heavy atom. The Labute approximate surface area is 126 Å². The Morgan fingerprint density at radius 2 is 1.89 bits per heavy atom. The number of halogens is 2. The molecule has 0 fully saturated rings. The SMILES string of the molecule is Clc1cc(NCCCOc2ccccc2)ccc1Br. The molecule has 2 aromatic carbocycles. The monoisotopic (exact) mass is 339 g/mol. The zero-order chi connectivity index (χ0) is 13.5. The van der Waals surface area contributed by atoms with E-state index in [-0.39, 0.29) is 0 Å².